The number of nitrogens with zero attached hydrogens (tertiary/aromatic N) is 3. The maximum absolute atomic E-state index is 13.0. The molecule has 0 aromatic heterocycles. The van der Waals surface area contributed by atoms with Crippen molar-refractivity contribution in [3.63, 3.8) is 0 Å². The average Bonchev–Trinajstić information content (AvgIpc) is 3.45. The molecule has 2 atom stereocenters. The van der Waals surface area contributed by atoms with Crippen LogP contribution in [0.4, 0.5) is 10.5 Å². The van der Waals surface area contributed by atoms with Crippen LogP contribution in [0.3, 0.4) is 0 Å². The number of carbonyl (C=O) groups is 4. The zero-order valence-electron chi connectivity index (χ0n) is 47.7. The minimum absolute atomic E-state index is 0.0447. The molecule has 80 heavy (non-hydrogen) atoms. The minimum Gasteiger partial charge on any atom is -0.445 e. The molecule has 462 valence electrons. The number of hydrogen-bond donors (Lipinski definition) is 4. The zero-order valence-corrected chi connectivity index (χ0v) is 47.7. The van der Waals surface area contributed by atoms with Gasteiger partial charge in [0.15, 0.2) is 0 Å². The average molecular weight is 1150 g/mol. The third kappa shape index (κ3) is 48.3. The monoisotopic (exact) mass is 1150 g/mol. The number of carbonyl (C=O) groups excluding carboxylic acids is 4. The summed E-state index contributed by atoms with van der Waals surface area (Å²) in [6, 6.07) is 5.01. The molecule has 0 spiro atoms. The normalized spacial score (nSPS) is 12.0. The fourth-order valence-corrected chi connectivity index (χ4v) is 6.02. The van der Waals surface area contributed by atoms with E-state index in [9.17, 15) is 19.2 Å². The predicted octanol–water partition coefficient (Wildman–Crippen LogP) is 2.09. The quantitative estimate of drug-likeness (QED) is 0.0314. The molecule has 1 rings (SSSR count). The smallest absolute Gasteiger partial charge is 0.407 e. The van der Waals surface area contributed by atoms with Crippen LogP contribution in [-0.4, -0.2) is 261 Å². The van der Waals surface area contributed by atoms with Gasteiger partial charge in [-0.2, -0.15) is 0 Å². The van der Waals surface area contributed by atoms with Gasteiger partial charge in [0, 0.05) is 30.6 Å². The second kappa shape index (κ2) is 56.4. The first-order valence-corrected chi connectivity index (χ1v) is 27.3. The van der Waals surface area contributed by atoms with Crippen molar-refractivity contribution in [1.82, 2.24) is 16.0 Å². The molecule has 0 fully saturated rings. The Morgan fingerprint density at radius 2 is 0.762 bits per heavy atom. The standard InChI is InChI=1S/C52H93N7O21/c1-44(2)49(51(62)56-45(3)50(61)57-47-7-5-46(6-8-47)43-80-52(63)54-4)58-48(60)9-11-64-13-15-66-17-19-68-21-23-70-25-27-72-29-31-74-33-35-76-37-39-78-41-42-79-40-38-77-36-34-75-32-30-73-28-26-71-24-22-69-20-18-67-16-14-65-12-10-55-59-53/h5-8,44-45,49H,9-43H2,1-4H3,(H,54,63)(H,56,62)(H,57,61)(H,58,60)/t45-,49-/m0/s1. The Bertz CT molecular complexity index is 1670. The van der Waals surface area contributed by atoms with Gasteiger partial charge in [0.25, 0.3) is 0 Å². The SMILES string of the molecule is CNC(=O)OCc1ccc(NC(=O)[C@H](C)NC(=O)[C@@H](NC(=O)CCOCCOCCOCCOCCOCCOCCOCCOCCOCCOCCOCCOCCOCCOCCOCCOCCN=[N+]=[N-])C(C)C)cc1. The number of nitrogens with one attached hydrogen (secondary N) is 4. The first-order chi connectivity index (χ1) is 39.2. The molecule has 0 aliphatic rings. The van der Waals surface area contributed by atoms with Crippen LogP contribution in [0.1, 0.15) is 32.8 Å². The first-order valence-electron chi connectivity index (χ1n) is 27.3. The Hall–Kier alpha value is -4.43. The van der Waals surface area contributed by atoms with Crippen molar-refractivity contribution in [2.75, 3.05) is 230 Å². The van der Waals surface area contributed by atoms with Crippen molar-refractivity contribution in [3.05, 3.63) is 40.3 Å². The molecular formula is C52H93N7O21. The molecule has 0 saturated carbocycles. The summed E-state index contributed by atoms with van der Waals surface area (Å²) in [6.07, 6.45) is -0.504. The summed E-state index contributed by atoms with van der Waals surface area (Å²) in [7, 11) is 1.47. The lowest BCUT2D eigenvalue weighted by Gasteiger charge is -2.24. The van der Waals surface area contributed by atoms with Crippen molar-refractivity contribution in [3.8, 4) is 0 Å². The summed E-state index contributed by atoms with van der Waals surface area (Å²) in [5.41, 5.74) is 9.41. The number of rotatable bonds is 59. The van der Waals surface area contributed by atoms with E-state index in [1.807, 2.05) is 0 Å². The largest absolute Gasteiger partial charge is 0.445 e. The second-order valence-corrected chi connectivity index (χ2v) is 17.0. The topological polar surface area (TPSA) is 322 Å². The molecule has 0 aliphatic heterocycles. The maximum atomic E-state index is 13.0. The van der Waals surface area contributed by atoms with E-state index in [4.69, 9.17) is 86.1 Å². The van der Waals surface area contributed by atoms with Crippen molar-refractivity contribution in [2.24, 2.45) is 11.0 Å². The Morgan fingerprint density at radius 3 is 1.06 bits per heavy atom. The molecule has 0 bridgehead atoms. The fraction of sp³-hybridized carbons (Fsp3) is 0.808. The summed E-state index contributed by atoms with van der Waals surface area (Å²) < 4.78 is 92.6. The molecule has 4 N–H and O–H groups in total. The van der Waals surface area contributed by atoms with Gasteiger partial charge in [-0.3, -0.25) is 14.4 Å². The van der Waals surface area contributed by atoms with Crippen LogP contribution >= 0.6 is 0 Å². The lowest BCUT2D eigenvalue weighted by Crippen LogP contribution is -2.53. The van der Waals surface area contributed by atoms with Crippen molar-refractivity contribution in [1.29, 1.82) is 0 Å². The van der Waals surface area contributed by atoms with Crippen LogP contribution in [0, 0.1) is 5.92 Å². The molecule has 1 aromatic rings. The van der Waals surface area contributed by atoms with E-state index in [2.05, 4.69) is 31.3 Å². The fourth-order valence-electron chi connectivity index (χ4n) is 6.02. The van der Waals surface area contributed by atoms with Crippen molar-refractivity contribution >= 4 is 29.5 Å². The highest BCUT2D eigenvalue weighted by atomic mass is 16.6. The van der Waals surface area contributed by atoms with Gasteiger partial charge >= 0.3 is 6.09 Å². The highest BCUT2D eigenvalue weighted by molar-refractivity contribution is 5.98. The van der Waals surface area contributed by atoms with Crippen LogP contribution in [-0.2, 0) is 102 Å². The van der Waals surface area contributed by atoms with Crippen LogP contribution in [0.2, 0.25) is 0 Å². The van der Waals surface area contributed by atoms with Crippen LogP contribution < -0.4 is 21.3 Å². The Labute approximate surface area is 471 Å². The van der Waals surface area contributed by atoms with Gasteiger partial charge < -0.3 is 102 Å². The molecule has 0 aliphatic carbocycles. The van der Waals surface area contributed by atoms with Gasteiger partial charge in [0.1, 0.15) is 18.7 Å². The van der Waals surface area contributed by atoms with E-state index in [1.54, 1.807) is 45.0 Å². The number of ether oxygens (including phenoxy) is 17. The highest BCUT2D eigenvalue weighted by Crippen LogP contribution is 2.12. The van der Waals surface area contributed by atoms with Crippen molar-refractivity contribution in [2.45, 2.75) is 45.9 Å². The number of benzene rings is 1. The third-order valence-electron chi connectivity index (χ3n) is 10.3. The summed E-state index contributed by atoms with van der Waals surface area (Å²) >= 11 is 0. The summed E-state index contributed by atoms with van der Waals surface area (Å²) in [4.78, 5) is 52.3. The summed E-state index contributed by atoms with van der Waals surface area (Å²) in [5, 5.41) is 13.9. The molecule has 0 heterocycles. The molecule has 0 unspecified atom stereocenters. The number of amides is 4. The maximum Gasteiger partial charge on any atom is 0.407 e. The van der Waals surface area contributed by atoms with Gasteiger partial charge in [0.2, 0.25) is 17.7 Å². The van der Waals surface area contributed by atoms with E-state index in [1.165, 1.54) is 7.05 Å². The molecule has 1 aromatic carbocycles. The number of anilines is 1. The van der Waals surface area contributed by atoms with E-state index < -0.39 is 30.0 Å². The van der Waals surface area contributed by atoms with Crippen molar-refractivity contribution < 1.29 is 99.7 Å². The van der Waals surface area contributed by atoms with E-state index >= 15 is 0 Å². The lowest BCUT2D eigenvalue weighted by molar-refractivity contribution is -0.132. The second-order valence-electron chi connectivity index (χ2n) is 17.0. The Balaban J connectivity index is 1.78. The number of alkyl carbamates (subject to hydrolysis) is 1. The minimum atomic E-state index is -0.880. The highest BCUT2D eigenvalue weighted by Gasteiger charge is 2.27. The van der Waals surface area contributed by atoms with Gasteiger partial charge in [-0.15, -0.1) is 0 Å². The molecular weight excluding hydrogens is 1060 g/mol. The predicted molar refractivity (Wildman–Crippen MR) is 290 cm³/mol. The third-order valence-corrected chi connectivity index (χ3v) is 10.3. The molecule has 28 heteroatoms. The summed E-state index contributed by atoms with van der Waals surface area (Å²) in [5.74, 6) is -1.52. The van der Waals surface area contributed by atoms with Crippen LogP contribution in [0.15, 0.2) is 29.4 Å². The molecule has 0 radical (unpaired) electrons. The van der Waals surface area contributed by atoms with Gasteiger partial charge in [-0.05, 0) is 36.1 Å². The van der Waals surface area contributed by atoms with Gasteiger partial charge in [0.05, 0.1) is 211 Å². The summed E-state index contributed by atoms with van der Waals surface area (Å²) in [6.45, 7) is 19.4. The number of azide groups is 1. The van der Waals surface area contributed by atoms with E-state index in [0.29, 0.717) is 210 Å². The molecule has 0 saturated heterocycles. The van der Waals surface area contributed by atoms with Crippen LogP contribution in [0.25, 0.3) is 10.4 Å². The Morgan fingerprint density at radius 1 is 0.450 bits per heavy atom. The molecule has 28 nitrogen and oxygen atoms in total. The van der Waals surface area contributed by atoms with E-state index in [-0.39, 0.29) is 38.1 Å². The lowest BCUT2D eigenvalue weighted by atomic mass is 10.0. The first kappa shape index (κ1) is 73.6. The van der Waals surface area contributed by atoms with Gasteiger partial charge in [-0.25, -0.2) is 4.79 Å². The zero-order chi connectivity index (χ0) is 58.0. The van der Waals surface area contributed by atoms with Gasteiger partial charge in [-0.1, -0.05) is 31.1 Å². The van der Waals surface area contributed by atoms with Crippen LogP contribution in [0.5, 0.6) is 0 Å². The number of hydrogen-bond acceptors (Lipinski definition) is 22. The Kier molecular flexibility index (Phi) is 51.9. The van der Waals surface area contributed by atoms with E-state index in [0.717, 1.165) is 5.56 Å². The molecule has 4 amide bonds.